The van der Waals surface area contributed by atoms with E-state index in [1.165, 1.54) is 0 Å². The molecular weight excluding hydrogens is 407 g/mol. The third kappa shape index (κ3) is 5.31. The number of aliphatic hydroxyl groups is 1. The normalized spacial score (nSPS) is 14.1. The number of ether oxygens (including phenoxy) is 1. The topological polar surface area (TPSA) is 29.5 Å². The molecule has 0 fully saturated rings. The number of hydrogen-bond acceptors (Lipinski definition) is 2. The first-order valence-corrected chi connectivity index (χ1v) is 7.46. The van der Waals surface area contributed by atoms with Crippen molar-refractivity contribution >= 4 is 0 Å². The van der Waals surface area contributed by atoms with Gasteiger partial charge < -0.3 is 9.84 Å². The second-order valence-corrected chi connectivity index (χ2v) is 5.65. The molecule has 2 aromatic rings. The number of aliphatic hydroxyl groups excluding tert-OH is 1. The predicted molar refractivity (Wildman–Crippen MR) is 78.3 cm³/mol. The molecule has 154 valence electrons. The van der Waals surface area contributed by atoms with E-state index in [2.05, 4.69) is 0 Å². The summed E-state index contributed by atoms with van der Waals surface area (Å²) in [6, 6.07) is 3.77. The highest BCUT2D eigenvalue weighted by Gasteiger charge is 2.37. The van der Waals surface area contributed by atoms with Gasteiger partial charge in [-0.05, 0) is 35.9 Å². The van der Waals surface area contributed by atoms with Crippen LogP contribution in [0.15, 0.2) is 42.5 Å². The van der Waals surface area contributed by atoms with Gasteiger partial charge in [0.25, 0.3) is 0 Å². The lowest BCUT2D eigenvalue weighted by Gasteiger charge is -2.20. The Hall–Kier alpha value is -2.43. The van der Waals surface area contributed by atoms with Gasteiger partial charge in [-0.25, -0.2) is 0 Å². The number of rotatable bonds is 4. The molecule has 0 spiro atoms. The molecule has 0 saturated carbocycles. The lowest BCUT2D eigenvalue weighted by molar-refractivity contribution is -0.143. The fourth-order valence-electron chi connectivity index (χ4n) is 2.28. The van der Waals surface area contributed by atoms with E-state index in [1.54, 1.807) is 0 Å². The molecule has 0 aliphatic rings. The molecule has 0 amide bonds. The van der Waals surface area contributed by atoms with Crippen LogP contribution in [0.2, 0.25) is 0 Å². The second kappa shape index (κ2) is 7.53. The van der Waals surface area contributed by atoms with Crippen molar-refractivity contribution in [3.8, 4) is 5.75 Å². The van der Waals surface area contributed by atoms with Crippen LogP contribution in [0, 0.1) is 0 Å². The molecule has 1 N–H and O–H groups in total. The van der Waals surface area contributed by atoms with E-state index in [0.717, 1.165) is 12.1 Å². The average molecular weight is 418 g/mol. The van der Waals surface area contributed by atoms with Crippen LogP contribution in [0.5, 0.6) is 5.75 Å². The molecule has 0 heterocycles. The summed E-state index contributed by atoms with van der Waals surface area (Å²) in [5, 5.41) is 9.34. The second-order valence-electron chi connectivity index (χ2n) is 5.65. The molecule has 0 radical (unpaired) electrons. The maximum Gasteiger partial charge on any atom is 0.416 e. The van der Waals surface area contributed by atoms with Gasteiger partial charge in [-0.2, -0.15) is 39.5 Å². The summed E-state index contributed by atoms with van der Waals surface area (Å²) in [5.41, 5.74) is -4.70. The third-order valence-corrected chi connectivity index (χ3v) is 3.59. The Morgan fingerprint density at radius 1 is 0.714 bits per heavy atom. The first-order chi connectivity index (χ1) is 12.7. The number of alkyl halides is 9. The zero-order valence-corrected chi connectivity index (χ0v) is 13.6. The van der Waals surface area contributed by atoms with Crippen molar-refractivity contribution in [1.82, 2.24) is 0 Å². The highest BCUT2D eigenvalue weighted by Crippen LogP contribution is 2.39. The fourth-order valence-corrected chi connectivity index (χ4v) is 2.28. The highest BCUT2D eigenvalue weighted by molar-refractivity contribution is 5.38. The van der Waals surface area contributed by atoms with Crippen molar-refractivity contribution in [3.05, 3.63) is 64.7 Å². The van der Waals surface area contributed by atoms with Crippen LogP contribution in [-0.4, -0.2) is 11.7 Å². The Kier molecular flexibility index (Phi) is 5.88. The maximum absolute atomic E-state index is 12.9. The molecule has 1 unspecified atom stereocenters. The summed E-state index contributed by atoms with van der Waals surface area (Å²) in [5.74, 6) is -0.904. The number of benzene rings is 2. The molecule has 2 nitrogen and oxygen atoms in total. The first kappa shape index (κ1) is 21.9. The van der Waals surface area contributed by atoms with Crippen LogP contribution < -0.4 is 4.74 Å². The minimum absolute atomic E-state index is 0.120. The maximum atomic E-state index is 12.9. The summed E-state index contributed by atoms with van der Waals surface area (Å²) >= 11 is 0. The lowest BCUT2D eigenvalue weighted by Crippen LogP contribution is -2.16. The zero-order valence-electron chi connectivity index (χ0n) is 13.6. The minimum atomic E-state index is -5.12. The fraction of sp³-hybridized carbons (Fsp3) is 0.294. The summed E-state index contributed by atoms with van der Waals surface area (Å²) in [7, 11) is 0. The van der Waals surface area contributed by atoms with Crippen molar-refractivity contribution in [2.45, 2.75) is 24.6 Å². The Morgan fingerprint density at radius 2 is 1.21 bits per heavy atom. The van der Waals surface area contributed by atoms with Gasteiger partial charge >= 0.3 is 18.5 Å². The Balaban J connectivity index is 2.45. The van der Waals surface area contributed by atoms with Crippen LogP contribution in [0.3, 0.4) is 0 Å². The molecule has 0 saturated heterocycles. The van der Waals surface area contributed by atoms with Crippen LogP contribution in [-0.2, 0) is 18.5 Å². The SMILES string of the molecule is OCC(Oc1cc(C(F)(F)F)cc(C(F)(F)F)c1)c1cccc(C(F)(F)F)c1. The van der Waals surface area contributed by atoms with E-state index in [0.29, 0.717) is 12.1 Å². The van der Waals surface area contributed by atoms with Gasteiger partial charge in [-0.3, -0.25) is 0 Å². The van der Waals surface area contributed by atoms with E-state index >= 15 is 0 Å². The summed E-state index contributed by atoms with van der Waals surface area (Å²) in [6.07, 6.45) is -16.6. The van der Waals surface area contributed by atoms with Crippen LogP contribution in [0.25, 0.3) is 0 Å². The number of halogens is 9. The molecule has 0 aliphatic heterocycles. The summed E-state index contributed by atoms with van der Waals surface area (Å²) in [4.78, 5) is 0. The molecule has 2 rings (SSSR count). The first-order valence-electron chi connectivity index (χ1n) is 7.46. The Morgan fingerprint density at radius 3 is 1.64 bits per heavy atom. The molecule has 11 heteroatoms. The molecule has 2 aromatic carbocycles. The monoisotopic (exact) mass is 418 g/mol. The van der Waals surface area contributed by atoms with Crippen LogP contribution in [0.1, 0.15) is 28.4 Å². The van der Waals surface area contributed by atoms with Crippen molar-refractivity contribution in [1.29, 1.82) is 0 Å². The summed E-state index contributed by atoms with van der Waals surface area (Å²) < 4.78 is 120. The zero-order chi connectivity index (χ0) is 21.3. The van der Waals surface area contributed by atoms with E-state index in [4.69, 9.17) is 4.74 Å². The van der Waals surface area contributed by atoms with E-state index in [-0.39, 0.29) is 23.8 Å². The van der Waals surface area contributed by atoms with Gasteiger partial charge in [0, 0.05) is 0 Å². The van der Waals surface area contributed by atoms with Gasteiger partial charge in [0.2, 0.25) is 0 Å². The van der Waals surface area contributed by atoms with Gasteiger partial charge in [0.05, 0.1) is 23.3 Å². The van der Waals surface area contributed by atoms with Gasteiger partial charge in [0.15, 0.2) is 0 Å². The third-order valence-electron chi connectivity index (χ3n) is 3.59. The number of hydrogen-bond donors (Lipinski definition) is 1. The lowest BCUT2D eigenvalue weighted by atomic mass is 10.1. The van der Waals surface area contributed by atoms with Crippen molar-refractivity contribution in [2.75, 3.05) is 6.61 Å². The average Bonchev–Trinajstić information content (AvgIpc) is 2.57. The molecule has 28 heavy (non-hydrogen) atoms. The van der Waals surface area contributed by atoms with Gasteiger partial charge in [-0.15, -0.1) is 0 Å². The van der Waals surface area contributed by atoms with Crippen LogP contribution >= 0.6 is 0 Å². The predicted octanol–water partition coefficient (Wildman–Crippen LogP) is 5.86. The smallest absolute Gasteiger partial charge is 0.416 e. The standard InChI is InChI=1S/C17H11F9O2/c18-15(19,20)10-3-1-2-9(4-10)14(8-27)28-13-6-11(16(21,22)23)5-12(7-13)17(24,25)26/h1-7,14,27H,8H2. The molecule has 0 aromatic heterocycles. The van der Waals surface area contributed by atoms with Crippen molar-refractivity contribution < 1.29 is 49.4 Å². The van der Waals surface area contributed by atoms with Crippen LogP contribution in [0.4, 0.5) is 39.5 Å². The Labute approximate surface area is 152 Å². The summed E-state index contributed by atoms with van der Waals surface area (Å²) in [6.45, 7) is -0.987. The van der Waals surface area contributed by atoms with Gasteiger partial charge in [-0.1, -0.05) is 12.1 Å². The molecule has 0 aliphatic carbocycles. The quantitative estimate of drug-likeness (QED) is 0.631. The van der Waals surface area contributed by atoms with E-state index in [1.807, 2.05) is 0 Å². The van der Waals surface area contributed by atoms with E-state index in [9.17, 15) is 44.6 Å². The highest BCUT2D eigenvalue weighted by atomic mass is 19.4. The molecule has 0 bridgehead atoms. The van der Waals surface area contributed by atoms with Crippen molar-refractivity contribution in [3.63, 3.8) is 0 Å². The minimum Gasteiger partial charge on any atom is -0.483 e. The van der Waals surface area contributed by atoms with E-state index < -0.39 is 53.7 Å². The molecular formula is C17H11F9O2. The van der Waals surface area contributed by atoms with Crippen molar-refractivity contribution in [2.24, 2.45) is 0 Å². The largest absolute Gasteiger partial charge is 0.483 e. The van der Waals surface area contributed by atoms with Gasteiger partial charge in [0.1, 0.15) is 11.9 Å². The Bertz CT molecular complexity index is 790. The molecule has 1 atom stereocenters.